The maximum Gasteiger partial charge on any atom is 0.248 e. The Hall–Kier alpha value is -4.10. The number of benzene rings is 1. The van der Waals surface area contributed by atoms with Crippen molar-refractivity contribution in [2.75, 3.05) is 19.0 Å². The van der Waals surface area contributed by atoms with E-state index in [2.05, 4.69) is 41.3 Å². The molecule has 13 heteroatoms. The zero-order chi connectivity index (χ0) is 28.4. The van der Waals surface area contributed by atoms with Crippen LogP contribution in [0.1, 0.15) is 29.7 Å². The minimum atomic E-state index is -1.35. The molecule has 0 unspecified atom stereocenters. The van der Waals surface area contributed by atoms with Gasteiger partial charge in [-0.1, -0.05) is 12.1 Å². The van der Waals surface area contributed by atoms with Gasteiger partial charge in [-0.15, -0.1) is 0 Å². The van der Waals surface area contributed by atoms with Crippen LogP contribution in [0, 0.1) is 0 Å². The van der Waals surface area contributed by atoms with Crippen LogP contribution in [0.25, 0.3) is 22.0 Å². The molecule has 0 spiro atoms. The van der Waals surface area contributed by atoms with E-state index >= 15 is 0 Å². The monoisotopic (exact) mass is 609 g/mol. The van der Waals surface area contributed by atoms with Crippen LogP contribution in [0.2, 0.25) is 0 Å². The number of carbonyl (C=O) groups is 3. The van der Waals surface area contributed by atoms with Crippen LogP contribution >= 0.6 is 15.9 Å². The minimum absolute atomic E-state index is 0.126. The van der Waals surface area contributed by atoms with E-state index < -0.39 is 24.0 Å². The fourth-order valence-electron chi connectivity index (χ4n) is 4.66. The summed E-state index contributed by atoms with van der Waals surface area (Å²) in [5.41, 5.74) is 2.25. The number of halogens is 2. The summed E-state index contributed by atoms with van der Waals surface area (Å²) >= 11 is 3.24. The summed E-state index contributed by atoms with van der Waals surface area (Å²) in [6.07, 6.45) is 1.86. The number of hydrogen-bond acceptors (Lipinski definition) is 8. The molecular weight excluding hydrogens is 585 g/mol. The molecule has 2 amide bonds. The molecule has 0 saturated carbocycles. The minimum Gasteiger partial charge on any atom is -0.377 e. The lowest BCUT2D eigenvalue weighted by atomic mass is 10.0. The second-order valence-electron chi connectivity index (χ2n) is 9.35. The number of aromatic nitrogens is 5. The highest BCUT2D eigenvalue weighted by molar-refractivity contribution is 9.10. The number of hydrogen-bond donors (Lipinski definition) is 1. The van der Waals surface area contributed by atoms with Crippen molar-refractivity contribution in [3.63, 3.8) is 0 Å². The molecule has 206 valence electrons. The average molecular weight is 610 g/mol. The van der Waals surface area contributed by atoms with E-state index in [1.165, 1.54) is 16.5 Å². The van der Waals surface area contributed by atoms with Gasteiger partial charge in [0.2, 0.25) is 11.8 Å². The van der Waals surface area contributed by atoms with Crippen LogP contribution in [0.5, 0.6) is 0 Å². The Bertz CT molecular complexity index is 1590. The zero-order valence-corrected chi connectivity index (χ0v) is 23.3. The normalized spacial score (nSPS) is 16.9. The number of pyridine rings is 1. The highest BCUT2D eigenvalue weighted by Gasteiger charge is 2.40. The zero-order valence-electron chi connectivity index (χ0n) is 21.7. The summed E-state index contributed by atoms with van der Waals surface area (Å²) in [4.78, 5) is 52.7. The number of Topliss-reactive ketones (excluding diaryl/α,β-unsaturated/α-hetero) is 1. The molecule has 2 atom stereocenters. The lowest BCUT2D eigenvalue weighted by Crippen LogP contribution is -2.44. The average Bonchev–Trinajstić information content (AvgIpc) is 3.50. The van der Waals surface area contributed by atoms with Gasteiger partial charge in [-0.2, -0.15) is 5.10 Å². The third kappa shape index (κ3) is 5.75. The van der Waals surface area contributed by atoms with Gasteiger partial charge in [0.25, 0.3) is 0 Å². The molecule has 1 aliphatic heterocycles. The van der Waals surface area contributed by atoms with E-state index in [1.54, 1.807) is 49.8 Å². The van der Waals surface area contributed by atoms with Gasteiger partial charge >= 0.3 is 0 Å². The second-order valence-corrected chi connectivity index (χ2v) is 10.2. The number of likely N-dealkylation sites (tertiary alicyclic amines) is 1. The first kappa shape index (κ1) is 27.5. The molecule has 5 rings (SSSR count). The van der Waals surface area contributed by atoms with Crippen molar-refractivity contribution >= 4 is 50.2 Å². The molecule has 1 aliphatic rings. The van der Waals surface area contributed by atoms with Gasteiger partial charge in [0.15, 0.2) is 11.6 Å². The molecule has 11 nitrogen and oxygen atoms in total. The van der Waals surface area contributed by atoms with Gasteiger partial charge in [-0.3, -0.25) is 19.1 Å². The van der Waals surface area contributed by atoms with E-state index in [1.807, 2.05) is 6.07 Å². The molecule has 40 heavy (non-hydrogen) atoms. The summed E-state index contributed by atoms with van der Waals surface area (Å²) in [6, 6.07) is 9.37. The number of ether oxygens (including phenoxy) is 1. The van der Waals surface area contributed by atoms with Gasteiger partial charge in [0.05, 0.1) is 12.1 Å². The van der Waals surface area contributed by atoms with Crippen molar-refractivity contribution in [1.29, 1.82) is 0 Å². The number of alkyl halides is 1. The van der Waals surface area contributed by atoms with Gasteiger partial charge in [-0.05, 0) is 45.8 Å². The van der Waals surface area contributed by atoms with Gasteiger partial charge < -0.3 is 15.0 Å². The number of amides is 2. The van der Waals surface area contributed by atoms with Crippen LogP contribution in [0.3, 0.4) is 0 Å². The van der Waals surface area contributed by atoms with Crippen LogP contribution in [-0.4, -0.2) is 73.1 Å². The van der Waals surface area contributed by atoms with Crippen LogP contribution < -0.4 is 5.32 Å². The predicted octanol–water partition coefficient (Wildman–Crippen LogP) is 3.58. The molecule has 0 aliphatic carbocycles. The van der Waals surface area contributed by atoms with E-state index in [0.717, 1.165) is 11.1 Å². The summed E-state index contributed by atoms with van der Waals surface area (Å²) < 4.78 is 21.4. The fraction of sp³-hybridized carbons (Fsp3) is 0.296. The Labute approximate surface area is 236 Å². The maximum atomic E-state index is 14.4. The number of anilines is 1. The van der Waals surface area contributed by atoms with E-state index in [4.69, 9.17) is 4.74 Å². The second kappa shape index (κ2) is 11.6. The van der Waals surface area contributed by atoms with E-state index in [9.17, 15) is 18.8 Å². The SMILES string of the molecule is COCc1ncc(-c2ccc3c(c2)c(C(C)=O)nn3CC(=O)N2C[C@H](F)C[C@H]2C(=O)Nc2cccc(Br)n2)cn1. The van der Waals surface area contributed by atoms with Crippen molar-refractivity contribution < 1.29 is 23.5 Å². The largest absolute Gasteiger partial charge is 0.377 e. The van der Waals surface area contributed by atoms with Crippen LogP contribution in [-0.2, 0) is 27.5 Å². The maximum absolute atomic E-state index is 14.4. The van der Waals surface area contributed by atoms with Gasteiger partial charge in [-0.25, -0.2) is 19.3 Å². The fourth-order valence-corrected chi connectivity index (χ4v) is 5.01. The van der Waals surface area contributed by atoms with Crippen LogP contribution in [0.15, 0.2) is 53.4 Å². The van der Waals surface area contributed by atoms with E-state index in [-0.39, 0.29) is 43.4 Å². The molecule has 0 bridgehead atoms. The Balaban J connectivity index is 1.39. The number of nitrogens with one attached hydrogen (secondary N) is 1. The standard InChI is InChI=1S/C27H25BrFN7O4/c1-15(37)26-19-8-16(17-10-30-24(14-40-2)31-11-17)6-7-20(19)36(34-26)13-25(38)35-12-18(29)9-21(35)27(39)33-23-5-3-4-22(28)32-23/h3-8,10-11,18,21H,9,12-14H2,1-2H3,(H,32,33,39)/t18-,21+/m1/s1. The summed E-state index contributed by atoms with van der Waals surface area (Å²) in [5, 5.41) is 7.61. The quantitative estimate of drug-likeness (QED) is 0.237. The number of rotatable bonds is 8. The van der Waals surface area contributed by atoms with Gasteiger partial charge in [0, 0.05) is 43.8 Å². The number of fused-ring (bicyclic) bond motifs is 1. The smallest absolute Gasteiger partial charge is 0.248 e. The van der Waals surface area contributed by atoms with Crippen molar-refractivity contribution in [3.8, 4) is 11.1 Å². The van der Waals surface area contributed by atoms with Crippen molar-refractivity contribution in [3.05, 3.63) is 64.9 Å². The molecule has 1 aromatic carbocycles. The lowest BCUT2D eigenvalue weighted by molar-refractivity contribution is -0.137. The predicted molar refractivity (Wildman–Crippen MR) is 147 cm³/mol. The summed E-state index contributed by atoms with van der Waals surface area (Å²) in [6.45, 7) is 1.19. The third-order valence-electron chi connectivity index (χ3n) is 6.52. The van der Waals surface area contributed by atoms with Crippen molar-refractivity contribution in [2.45, 2.75) is 38.7 Å². The molecule has 1 N–H and O–H groups in total. The number of methoxy groups -OCH3 is 1. The van der Waals surface area contributed by atoms with Crippen LogP contribution in [0.4, 0.5) is 10.2 Å². The molecular formula is C27H25BrFN7O4. The number of nitrogens with zero attached hydrogens (tertiary/aromatic N) is 6. The third-order valence-corrected chi connectivity index (χ3v) is 6.96. The summed E-state index contributed by atoms with van der Waals surface area (Å²) in [7, 11) is 1.56. The molecule has 0 radical (unpaired) electrons. The molecule has 1 saturated heterocycles. The van der Waals surface area contributed by atoms with Crippen molar-refractivity contribution in [2.24, 2.45) is 0 Å². The number of carbonyl (C=O) groups excluding carboxylic acids is 3. The first-order valence-corrected chi connectivity index (χ1v) is 13.2. The molecule has 4 aromatic rings. The highest BCUT2D eigenvalue weighted by Crippen LogP contribution is 2.28. The Morgan fingerprint density at radius 2 is 1.93 bits per heavy atom. The number of ketones is 1. The Morgan fingerprint density at radius 3 is 2.62 bits per heavy atom. The Kier molecular flexibility index (Phi) is 7.94. The van der Waals surface area contributed by atoms with Gasteiger partial charge in [0.1, 0.15) is 41.5 Å². The van der Waals surface area contributed by atoms with E-state index in [0.29, 0.717) is 21.3 Å². The lowest BCUT2D eigenvalue weighted by Gasteiger charge is -2.23. The van der Waals surface area contributed by atoms with Crippen molar-refractivity contribution in [1.82, 2.24) is 29.6 Å². The first-order valence-electron chi connectivity index (χ1n) is 12.4. The molecule has 1 fully saturated rings. The topological polar surface area (TPSA) is 132 Å². The highest BCUT2D eigenvalue weighted by atomic mass is 79.9. The first-order chi connectivity index (χ1) is 19.2. The molecule has 3 aromatic heterocycles. The Morgan fingerprint density at radius 1 is 1.15 bits per heavy atom. The molecule has 4 heterocycles. The summed E-state index contributed by atoms with van der Waals surface area (Å²) in [5.74, 6) is -0.470.